The number of pyridine rings is 2. The van der Waals surface area contributed by atoms with Crippen molar-refractivity contribution in [1.29, 1.82) is 0 Å². The lowest BCUT2D eigenvalue weighted by atomic mass is 9.93. The average Bonchev–Trinajstić information content (AvgIpc) is 2.59. The van der Waals surface area contributed by atoms with E-state index in [1.165, 1.54) is 7.11 Å². The number of aryl methyl sites for hydroxylation is 1. The number of amides is 1. The molecule has 2 aromatic heterocycles. The Morgan fingerprint density at radius 2 is 2.04 bits per heavy atom. The molecule has 0 saturated carbocycles. The van der Waals surface area contributed by atoms with Crippen molar-refractivity contribution in [2.24, 2.45) is 11.7 Å². The van der Waals surface area contributed by atoms with Crippen molar-refractivity contribution in [3.05, 3.63) is 36.2 Å². The molecule has 146 valence electrons. The molecule has 0 aliphatic rings. The molecule has 0 aliphatic heterocycles. The fourth-order valence-corrected chi connectivity index (χ4v) is 2.93. The second kappa shape index (κ2) is 8.81. The van der Waals surface area contributed by atoms with Gasteiger partial charge in [-0.05, 0) is 49.9 Å². The fourth-order valence-electron chi connectivity index (χ4n) is 2.93. The van der Waals surface area contributed by atoms with Crippen LogP contribution < -0.4 is 15.8 Å². The highest BCUT2D eigenvalue weighted by Crippen LogP contribution is 2.26. The molecule has 0 spiro atoms. The highest BCUT2D eigenvalue weighted by Gasteiger charge is 2.21. The Balaban J connectivity index is 2.12. The number of rotatable bonds is 7. The summed E-state index contributed by atoms with van der Waals surface area (Å²) in [6, 6.07) is 5.59. The van der Waals surface area contributed by atoms with E-state index in [2.05, 4.69) is 33.9 Å². The summed E-state index contributed by atoms with van der Waals surface area (Å²) in [5.74, 6) is 1.48. The third-order valence-corrected chi connectivity index (χ3v) is 3.95. The standard InChI is InChI=1S/C20H28N4O3/c1-13(2)10-20(4,21)12-27-18-14(3)8-16(11-23-18)15-6-7-22-17(9-15)24-19(25)26-5/h6-9,11,13H,10,12,21H2,1-5H3,(H,22,24,25)/t20-/m1/s1. The maximum atomic E-state index is 11.3. The van der Waals surface area contributed by atoms with E-state index in [0.29, 0.717) is 24.2 Å². The summed E-state index contributed by atoms with van der Waals surface area (Å²) in [5.41, 5.74) is 8.58. The minimum Gasteiger partial charge on any atom is -0.476 e. The smallest absolute Gasteiger partial charge is 0.412 e. The molecule has 2 heterocycles. The quantitative estimate of drug-likeness (QED) is 0.767. The summed E-state index contributed by atoms with van der Waals surface area (Å²) in [6.07, 6.45) is 3.66. The third-order valence-electron chi connectivity index (χ3n) is 3.95. The first-order valence-electron chi connectivity index (χ1n) is 8.90. The Labute approximate surface area is 160 Å². The first kappa shape index (κ1) is 20.6. The van der Waals surface area contributed by atoms with Crippen LogP contribution >= 0.6 is 0 Å². The molecule has 0 radical (unpaired) electrons. The van der Waals surface area contributed by atoms with Gasteiger partial charge in [-0.15, -0.1) is 0 Å². The number of nitrogens with one attached hydrogen (secondary N) is 1. The normalized spacial score (nSPS) is 13.1. The van der Waals surface area contributed by atoms with Gasteiger partial charge in [-0.2, -0.15) is 0 Å². The van der Waals surface area contributed by atoms with Crippen molar-refractivity contribution in [1.82, 2.24) is 9.97 Å². The average molecular weight is 372 g/mol. The maximum Gasteiger partial charge on any atom is 0.412 e. The van der Waals surface area contributed by atoms with Crippen molar-refractivity contribution < 1.29 is 14.3 Å². The van der Waals surface area contributed by atoms with Crippen molar-refractivity contribution in [2.45, 2.75) is 39.7 Å². The molecule has 7 nitrogen and oxygen atoms in total. The van der Waals surface area contributed by atoms with E-state index in [1.54, 1.807) is 18.5 Å². The molecule has 0 aliphatic carbocycles. The number of carbonyl (C=O) groups is 1. The molecule has 1 atom stereocenters. The van der Waals surface area contributed by atoms with Gasteiger partial charge in [-0.1, -0.05) is 13.8 Å². The molecule has 0 unspecified atom stereocenters. The van der Waals surface area contributed by atoms with E-state index in [-0.39, 0.29) is 0 Å². The van der Waals surface area contributed by atoms with Crippen molar-refractivity contribution in [3.63, 3.8) is 0 Å². The highest BCUT2D eigenvalue weighted by atomic mass is 16.5. The molecule has 0 saturated heterocycles. The first-order valence-corrected chi connectivity index (χ1v) is 8.90. The SMILES string of the molecule is COC(=O)Nc1cc(-c2cnc(OC[C@](C)(N)CC(C)C)c(C)c2)ccn1. The Morgan fingerprint density at radius 3 is 2.67 bits per heavy atom. The Morgan fingerprint density at radius 1 is 1.30 bits per heavy atom. The second-order valence-corrected chi connectivity index (χ2v) is 7.43. The highest BCUT2D eigenvalue weighted by molar-refractivity contribution is 5.84. The Kier molecular flexibility index (Phi) is 6.74. The number of carbonyl (C=O) groups excluding carboxylic acids is 1. The second-order valence-electron chi connectivity index (χ2n) is 7.43. The number of nitrogens with zero attached hydrogens (tertiary/aromatic N) is 2. The minimum absolute atomic E-state index is 0.402. The van der Waals surface area contributed by atoms with Crippen molar-refractivity contribution in [2.75, 3.05) is 19.0 Å². The van der Waals surface area contributed by atoms with E-state index in [9.17, 15) is 4.79 Å². The molecule has 1 amide bonds. The number of nitrogens with two attached hydrogens (primary N) is 1. The van der Waals surface area contributed by atoms with Crippen LogP contribution in [0.3, 0.4) is 0 Å². The number of methoxy groups -OCH3 is 1. The third kappa shape index (κ3) is 6.21. The van der Waals surface area contributed by atoms with Crippen LogP contribution in [0.25, 0.3) is 11.1 Å². The van der Waals surface area contributed by atoms with Gasteiger partial charge in [0.1, 0.15) is 12.4 Å². The zero-order valence-electron chi connectivity index (χ0n) is 16.6. The van der Waals surface area contributed by atoms with E-state index < -0.39 is 11.6 Å². The van der Waals surface area contributed by atoms with Gasteiger partial charge in [-0.3, -0.25) is 5.32 Å². The van der Waals surface area contributed by atoms with Gasteiger partial charge < -0.3 is 15.2 Å². The van der Waals surface area contributed by atoms with Gasteiger partial charge in [0.05, 0.1) is 7.11 Å². The molecule has 27 heavy (non-hydrogen) atoms. The van der Waals surface area contributed by atoms with E-state index >= 15 is 0 Å². The zero-order valence-corrected chi connectivity index (χ0v) is 16.6. The van der Waals surface area contributed by atoms with E-state index in [0.717, 1.165) is 23.1 Å². The lowest BCUT2D eigenvalue weighted by Crippen LogP contribution is -2.43. The van der Waals surface area contributed by atoms with Gasteiger partial charge in [0.25, 0.3) is 0 Å². The molecule has 3 N–H and O–H groups in total. The number of hydrogen-bond acceptors (Lipinski definition) is 6. The summed E-state index contributed by atoms with van der Waals surface area (Å²) in [4.78, 5) is 19.9. The minimum atomic E-state index is -0.566. The number of anilines is 1. The van der Waals surface area contributed by atoms with Crippen molar-refractivity contribution >= 4 is 11.9 Å². The van der Waals surface area contributed by atoms with Gasteiger partial charge in [0.2, 0.25) is 5.88 Å². The van der Waals surface area contributed by atoms with E-state index in [4.69, 9.17) is 10.5 Å². The molecule has 0 fully saturated rings. The van der Waals surface area contributed by atoms with Crippen LogP contribution in [0.2, 0.25) is 0 Å². The summed E-state index contributed by atoms with van der Waals surface area (Å²) in [6.45, 7) is 8.62. The number of aromatic nitrogens is 2. The number of ether oxygens (including phenoxy) is 2. The van der Waals surface area contributed by atoms with Crippen LogP contribution in [-0.4, -0.2) is 35.3 Å². The predicted octanol–water partition coefficient (Wildman–Crippen LogP) is 3.77. The van der Waals surface area contributed by atoms with Crippen LogP contribution in [0.1, 0.15) is 32.8 Å². The van der Waals surface area contributed by atoms with Crippen LogP contribution in [0.15, 0.2) is 30.6 Å². The zero-order chi connectivity index (χ0) is 20.0. The van der Waals surface area contributed by atoms with E-state index in [1.807, 2.05) is 26.0 Å². The molecule has 0 aromatic carbocycles. The molecular weight excluding hydrogens is 344 g/mol. The maximum absolute atomic E-state index is 11.3. The van der Waals surface area contributed by atoms with Crippen LogP contribution in [-0.2, 0) is 4.74 Å². The lowest BCUT2D eigenvalue weighted by Gasteiger charge is -2.26. The molecule has 0 bridgehead atoms. The topological polar surface area (TPSA) is 99.4 Å². The van der Waals surface area contributed by atoms with Gasteiger partial charge >= 0.3 is 6.09 Å². The molecule has 2 rings (SSSR count). The molecule has 7 heteroatoms. The summed E-state index contributed by atoms with van der Waals surface area (Å²) >= 11 is 0. The van der Waals surface area contributed by atoms with Gasteiger partial charge in [-0.25, -0.2) is 14.8 Å². The Bertz CT molecular complexity index is 791. The summed E-state index contributed by atoms with van der Waals surface area (Å²) in [7, 11) is 1.30. The van der Waals surface area contributed by atoms with Gasteiger partial charge in [0, 0.05) is 29.1 Å². The summed E-state index contributed by atoms with van der Waals surface area (Å²) in [5, 5.41) is 2.55. The molecular formula is C20H28N4O3. The first-order chi connectivity index (χ1) is 12.7. The Hall–Kier alpha value is -2.67. The monoisotopic (exact) mass is 372 g/mol. The van der Waals surface area contributed by atoms with Crippen molar-refractivity contribution in [3.8, 4) is 17.0 Å². The fraction of sp³-hybridized carbons (Fsp3) is 0.450. The summed E-state index contributed by atoms with van der Waals surface area (Å²) < 4.78 is 10.4. The van der Waals surface area contributed by atoms with Crippen LogP contribution in [0.4, 0.5) is 10.6 Å². The predicted molar refractivity (Wildman–Crippen MR) is 106 cm³/mol. The number of hydrogen-bond donors (Lipinski definition) is 2. The van der Waals surface area contributed by atoms with Gasteiger partial charge in [0.15, 0.2) is 0 Å². The van der Waals surface area contributed by atoms with Crippen LogP contribution in [0.5, 0.6) is 5.88 Å². The van der Waals surface area contributed by atoms with Crippen LogP contribution in [0, 0.1) is 12.8 Å². The largest absolute Gasteiger partial charge is 0.476 e. The molecule has 2 aromatic rings. The lowest BCUT2D eigenvalue weighted by molar-refractivity contribution is 0.187.